The van der Waals surface area contributed by atoms with Crippen LogP contribution in [0.5, 0.6) is 0 Å². The van der Waals surface area contributed by atoms with Crippen molar-refractivity contribution in [3.05, 3.63) is 49.3 Å². The summed E-state index contributed by atoms with van der Waals surface area (Å²) in [7, 11) is 0. The van der Waals surface area contributed by atoms with Crippen LogP contribution < -0.4 is 5.32 Å². The fourth-order valence-corrected chi connectivity index (χ4v) is 4.00. The van der Waals surface area contributed by atoms with Gasteiger partial charge in [-0.1, -0.05) is 15.9 Å². The van der Waals surface area contributed by atoms with E-state index in [1.54, 1.807) is 26.0 Å². The second-order valence-electron chi connectivity index (χ2n) is 5.57. The lowest BCUT2D eigenvalue weighted by molar-refractivity contribution is -0.110. The summed E-state index contributed by atoms with van der Waals surface area (Å²) < 4.78 is 12.3. The molecule has 7 heteroatoms. The number of nitrogens with one attached hydrogen (secondary N) is 1. The molecule has 2 heterocycles. The number of carbonyl (C=O) groups is 2. The highest BCUT2D eigenvalue weighted by Gasteiger charge is 2.29. The third kappa shape index (κ3) is 3.18. The van der Waals surface area contributed by atoms with Gasteiger partial charge in [-0.2, -0.15) is 0 Å². The molecule has 1 aromatic carbocycles. The molecule has 0 unspecified atom stereocenters. The number of esters is 1. The van der Waals surface area contributed by atoms with Crippen molar-refractivity contribution in [2.24, 2.45) is 0 Å². The third-order valence-corrected chi connectivity index (χ3v) is 5.40. The molecule has 0 spiro atoms. The Morgan fingerprint density at radius 1 is 1.28 bits per heavy atom. The lowest BCUT2D eigenvalue weighted by Gasteiger charge is -2.08. The van der Waals surface area contributed by atoms with Crippen LogP contribution in [-0.2, 0) is 9.53 Å². The summed E-state index contributed by atoms with van der Waals surface area (Å²) in [6, 6.07) is 3.49. The predicted molar refractivity (Wildman–Crippen MR) is 102 cm³/mol. The van der Waals surface area contributed by atoms with E-state index in [4.69, 9.17) is 9.15 Å². The van der Waals surface area contributed by atoms with Gasteiger partial charge >= 0.3 is 5.97 Å². The van der Waals surface area contributed by atoms with E-state index in [2.05, 4.69) is 37.2 Å². The minimum atomic E-state index is -0.439. The second kappa shape index (κ2) is 6.80. The number of hydrogen-bond donors (Lipinski definition) is 1. The molecular weight excluding hydrogens is 454 g/mol. The Hall–Kier alpha value is -1.86. The average Bonchev–Trinajstić information content (AvgIpc) is 3.07. The lowest BCUT2D eigenvalue weighted by atomic mass is 10.0. The minimum Gasteiger partial charge on any atom is -0.462 e. The smallest absolute Gasteiger partial charge is 0.341 e. The number of amides is 1. The molecule has 0 aliphatic carbocycles. The Morgan fingerprint density at radius 2 is 2.00 bits per heavy atom. The first-order chi connectivity index (χ1) is 11.8. The van der Waals surface area contributed by atoms with Crippen molar-refractivity contribution in [2.75, 3.05) is 11.9 Å². The van der Waals surface area contributed by atoms with Gasteiger partial charge in [0.1, 0.15) is 17.1 Å². The summed E-state index contributed by atoms with van der Waals surface area (Å²) in [5.41, 5.74) is 3.32. The topological polar surface area (TPSA) is 68.5 Å². The number of anilines is 1. The molecule has 3 rings (SSSR count). The third-order valence-electron chi connectivity index (χ3n) is 3.95. The van der Waals surface area contributed by atoms with E-state index in [0.29, 0.717) is 22.7 Å². The number of ether oxygens (including phenoxy) is 1. The molecule has 5 nitrogen and oxygen atoms in total. The second-order valence-corrected chi connectivity index (χ2v) is 7.28. The predicted octanol–water partition coefficient (Wildman–Crippen LogP) is 5.09. The van der Waals surface area contributed by atoms with E-state index in [1.165, 1.54) is 0 Å². The lowest BCUT2D eigenvalue weighted by Crippen LogP contribution is -2.04. The summed E-state index contributed by atoms with van der Waals surface area (Å²) in [4.78, 5) is 24.4. The van der Waals surface area contributed by atoms with Gasteiger partial charge < -0.3 is 14.5 Å². The molecule has 2 aromatic rings. The first-order valence-corrected chi connectivity index (χ1v) is 9.21. The fourth-order valence-electron chi connectivity index (χ4n) is 2.74. The van der Waals surface area contributed by atoms with Crippen molar-refractivity contribution in [2.45, 2.75) is 20.8 Å². The van der Waals surface area contributed by atoms with Gasteiger partial charge in [0.15, 0.2) is 0 Å². The molecule has 0 saturated carbocycles. The number of benzene rings is 1. The molecule has 0 saturated heterocycles. The number of carbonyl (C=O) groups excluding carboxylic acids is 2. The van der Waals surface area contributed by atoms with Crippen LogP contribution in [0.25, 0.3) is 11.6 Å². The SMILES string of the molecule is CCOC(=O)c1cc(C=C2C(=O)Nc3c(Br)cc(Br)c(C)c32)oc1C. The summed E-state index contributed by atoms with van der Waals surface area (Å²) in [5.74, 6) is 0.222. The molecule has 1 aliphatic heterocycles. The zero-order valence-corrected chi connectivity index (χ0v) is 17.0. The molecule has 1 N–H and O–H groups in total. The number of hydrogen-bond acceptors (Lipinski definition) is 4. The normalized spacial score (nSPS) is 14.6. The van der Waals surface area contributed by atoms with Gasteiger partial charge in [-0.25, -0.2) is 4.79 Å². The number of aryl methyl sites for hydroxylation is 1. The Bertz CT molecular complexity index is 928. The zero-order valence-electron chi connectivity index (χ0n) is 13.8. The molecule has 1 aliphatic rings. The van der Waals surface area contributed by atoms with E-state index in [1.807, 2.05) is 13.0 Å². The minimum absolute atomic E-state index is 0.219. The van der Waals surface area contributed by atoms with Crippen molar-refractivity contribution in [3.63, 3.8) is 0 Å². The van der Waals surface area contributed by atoms with Gasteiger partial charge in [-0.15, -0.1) is 0 Å². The molecule has 25 heavy (non-hydrogen) atoms. The van der Waals surface area contributed by atoms with Crippen LogP contribution in [0.15, 0.2) is 25.5 Å². The molecule has 0 bridgehead atoms. The van der Waals surface area contributed by atoms with Crippen LogP contribution in [0.1, 0.15) is 39.9 Å². The van der Waals surface area contributed by atoms with Crippen molar-refractivity contribution in [1.29, 1.82) is 0 Å². The highest BCUT2D eigenvalue weighted by atomic mass is 79.9. The first-order valence-electron chi connectivity index (χ1n) is 7.63. The van der Waals surface area contributed by atoms with Crippen LogP contribution in [0.3, 0.4) is 0 Å². The van der Waals surface area contributed by atoms with Gasteiger partial charge in [0.05, 0.1) is 17.9 Å². The van der Waals surface area contributed by atoms with Crippen LogP contribution in [0.2, 0.25) is 0 Å². The molecule has 130 valence electrons. The molecule has 1 amide bonds. The van der Waals surface area contributed by atoms with Crippen molar-refractivity contribution in [3.8, 4) is 0 Å². The van der Waals surface area contributed by atoms with Crippen molar-refractivity contribution in [1.82, 2.24) is 0 Å². The number of fused-ring (bicyclic) bond motifs is 1. The Balaban J connectivity index is 2.09. The van der Waals surface area contributed by atoms with Crippen molar-refractivity contribution < 1.29 is 18.7 Å². The maximum atomic E-state index is 12.4. The number of furan rings is 1. The van der Waals surface area contributed by atoms with E-state index in [9.17, 15) is 9.59 Å². The highest BCUT2D eigenvalue weighted by molar-refractivity contribution is 9.11. The van der Waals surface area contributed by atoms with Gasteiger partial charge in [-0.3, -0.25) is 4.79 Å². The molecule has 1 aromatic heterocycles. The van der Waals surface area contributed by atoms with E-state index < -0.39 is 5.97 Å². The summed E-state index contributed by atoms with van der Waals surface area (Å²) >= 11 is 6.97. The highest BCUT2D eigenvalue weighted by Crippen LogP contribution is 2.43. The van der Waals surface area contributed by atoms with Crippen LogP contribution in [-0.4, -0.2) is 18.5 Å². The zero-order chi connectivity index (χ0) is 18.3. The van der Waals surface area contributed by atoms with E-state index >= 15 is 0 Å². The Morgan fingerprint density at radius 3 is 2.68 bits per heavy atom. The summed E-state index contributed by atoms with van der Waals surface area (Å²) in [5, 5.41) is 2.86. The summed E-state index contributed by atoms with van der Waals surface area (Å²) in [6.45, 7) is 5.65. The van der Waals surface area contributed by atoms with E-state index in [0.717, 1.165) is 25.8 Å². The fraction of sp³-hybridized carbons (Fsp3) is 0.222. The molecular formula is C18H15Br2NO4. The van der Waals surface area contributed by atoms with Crippen LogP contribution >= 0.6 is 31.9 Å². The molecule has 0 atom stereocenters. The van der Waals surface area contributed by atoms with Crippen LogP contribution in [0.4, 0.5) is 5.69 Å². The van der Waals surface area contributed by atoms with Gasteiger partial charge in [0, 0.05) is 14.5 Å². The maximum Gasteiger partial charge on any atom is 0.341 e. The average molecular weight is 469 g/mol. The van der Waals surface area contributed by atoms with Gasteiger partial charge in [0.2, 0.25) is 0 Å². The van der Waals surface area contributed by atoms with Crippen LogP contribution in [0, 0.1) is 13.8 Å². The first kappa shape index (κ1) is 17.9. The van der Waals surface area contributed by atoms with Crippen molar-refractivity contribution >= 4 is 61.1 Å². The quantitative estimate of drug-likeness (QED) is 0.503. The largest absolute Gasteiger partial charge is 0.462 e. The van der Waals surface area contributed by atoms with Gasteiger partial charge in [0.25, 0.3) is 5.91 Å². The maximum absolute atomic E-state index is 12.4. The molecule has 0 fully saturated rings. The number of halogens is 2. The van der Waals surface area contributed by atoms with Gasteiger partial charge in [-0.05, 0) is 60.5 Å². The Kier molecular flexibility index (Phi) is 4.88. The standard InChI is InChI=1S/C18H15Br2NO4/c1-4-24-18(23)11-5-10(25-9(11)3)6-12-15-8(2)13(19)7-14(20)16(15)21-17(12)22/h5-7H,4H2,1-3H3,(H,21,22). The summed E-state index contributed by atoms with van der Waals surface area (Å²) in [6.07, 6.45) is 1.64. The monoisotopic (exact) mass is 467 g/mol. The van der Waals surface area contributed by atoms with E-state index in [-0.39, 0.29) is 12.5 Å². The number of rotatable bonds is 3. The Labute approximate surface area is 161 Å². The molecule has 0 radical (unpaired) electrons.